The Labute approximate surface area is 155 Å². The number of carbonyl (C=O) groups excluding carboxylic acids is 1. The van der Waals surface area contributed by atoms with Gasteiger partial charge in [0.2, 0.25) is 0 Å². The zero-order valence-corrected chi connectivity index (χ0v) is 15.5. The zero-order valence-electron chi connectivity index (χ0n) is 13.4. The van der Waals surface area contributed by atoms with Gasteiger partial charge in [0.25, 0.3) is 5.91 Å². The number of hydrogen-bond donors (Lipinski definition) is 1. The van der Waals surface area contributed by atoms with Crippen molar-refractivity contribution in [3.8, 4) is 0 Å². The second kappa shape index (κ2) is 7.61. The first-order chi connectivity index (χ1) is 11.6. The van der Waals surface area contributed by atoms with Gasteiger partial charge in [-0.25, -0.2) is 4.98 Å². The lowest BCUT2D eigenvalue weighted by molar-refractivity contribution is 0.0951. The summed E-state index contributed by atoms with van der Waals surface area (Å²) < 4.78 is 3.22. The van der Waals surface area contributed by atoms with Crippen molar-refractivity contribution >= 4 is 28.5 Å². The van der Waals surface area contributed by atoms with Crippen molar-refractivity contribution in [1.29, 1.82) is 0 Å². The summed E-state index contributed by atoms with van der Waals surface area (Å²) >= 11 is 2.23. The number of nitrogens with one attached hydrogen (secondary N) is 1. The van der Waals surface area contributed by atoms with Crippen molar-refractivity contribution in [3.05, 3.63) is 87.0 Å². The first-order valence-electron chi connectivity index (χ1n) is 7.71. The fraction of sp³-hybridized carbons (Fsp3) is 0.158. The molecule has 1 amide bonds. The SMILES string of the molecule is Cc1nccn1Cc1cccc(CNC(=O)c2ccc(I)cc2)c1. The third kappa shape index (κ3) is 4.23. The van der Waals surface area contributed by atoms with Gasteiger partial charge in [-0.2, -0.15) is 0 Å². The molecule has 4 nitrogen and oxygen atoms in total. The number of benzene rings is 2. The fourth-order valence-electron chi connectivity index (χ4n) is 2.49. The Morgan fingerprint density at radius 3 is 2.62 bits per heavy atom. The normalized spacial score (nSPS) is 10.6. The van der Waals surface area contributed by atoms with E-state index in [0.29, 0.717) is 12.1 Å². The molecule has 122 valence electrons. The maximum absolute atomic E-state index is 12.2. The van der Waals surface area contributed by atoms with Crippen LogP contribution in [-0.4, -0.2) is 15.5 Å². The minimum atomic E-state index is -0.0535. The molecule has 0 aliphatic heterocycles. The van der Waals surface area contributed by atoms with Crippen molar-refractivity contribution in [3.63, 3.8) is 0 Å². The predicted molar refractivity (Wildman–Crippen MR) is 103 cm³/mol. The molecule has 0 saturated carbocycles. The van der Waals surface area contributed by atoms with Crippen molar-refractivity contribution in [1.82, 2.24) is 14.9 Å². The monoisotopic (exact) mass is 431 g/mol. The van der Waals surface area contributed by atoms with Gasteiger partial charge in [0, 0.05) is 34.6 Å². The van der Waals surface area contributed by atoms with Crippen LogP contribution in [0.1, 0.15) is 27.3 Å². The lowest BCUT2D eigenvalue weighted by Crippen LogP contribution is -2.22. The van der Waals surface area contributed by atoms with Gasteiger partial charge in [-0.1, -0.05) is 24.3 Å². The first kappa shape index (κ1) is 16.7. The predicted octanol–water partition coefficient (Wildman–Crippen LogP) is 3.77. The van der Waals surface area contributed by atoms with Gasteiger partial charge in [0.1, 0.15) is 5.82 Å². The molecule has 0 fully saturated rings. The number of carbonyl (C=O) groups is 1. The van der Waals surface area contributed by atoms with E-state index in [1.165, 1.54) is 5.56 Å². The smallest absolute Gasteiger partial charge is 0.251 e. The maximum Gasteiger partial charge on any atom is 0.251 e. The van der Waals surface area contributed by atoms with Crippen LogP contribution in [0.4, 0.5) is 0 Å². The van der Waals surface area contributed by atoms with E-state index in [2.05, 4.69) is 49.6 Å². The lowest BCUT2D eigenvalue weighted by Gasteiger charge is -2.09. The number of hydrogen-bond acceptors (Lipinski definition) is 2. The zero-order chi connectivity index (χ0) is 16.9. The molecule has 0 atom stereocenters. The second-order valence-corrected chi connectivity index (χ2v) is 6.86. The minimum Gasteiger partial charge on any atom is -0.348 e. The largest absolute Gasteiger partial charge is 0.348 e. The third-order valence-corrected chi connectivity index (χ3v) is 4.55. The van der Waals surface area contributed by atoms with Gasteiger partial charge in [0.05, 0.1) is 0 Å². The summed E-state index contributed by atoms with van der Waals surface area (Å²) in [6.07, 6.45) is 3.78. The van der Waals surface area contributed by atoms with Crippen molar-refractivity contribution in [2.24, 2.45) is 0 Å². The Kier molecular flexibility index (Phi) is 5.30. The molecular weight excluding hydrogens is 413 g/mol. The van der Waals surface area contributed by atoms with Crippen molar-refractivity contribution in [2.45, 2.75) is 20.0 Å². The van der Waals surface area contributed by atoms with E-state index in [1.54, 1.807) is 6.20 Å². The van der Waals surface area contributed by atoms with Crippen LogP contribution in [0.25, 0.3) is 0 Å². The molecule has 1 N–H and O–H groups in total. The molecule has 0 radical (unpaired) electrons. The van der Waals surface area contributed by atoms with Crippen LogP contribution >= 0.6 is 22.6 Å². The average Bonchev–Trinajstić information content (AvgIpc) is 2.98. The number of aromatic nitrogens is 2. The molecule has 0 aliphatic carbocycles. The van der Waals surface area contributed by atoms with E-state index in [0.717, 1.165) is 21.5 Å². The van der Waals surface area contributed by atoms with E-state index in [-0.39, 0.29) is 5.91 Å². The minimum absolute atomic E-state index is 0.0535. The molecule has 2 aromatic carbocycles. The molecule has 0 aliphatic rings. The molecule has 0 saturated heterocycles. The standard InChI is InChI=1S/C19H18IN3O/c1-14-21-9-10-23(14)13-16-4-2-3-15(11-16)12-22-19(24)17-5-7-18(20)8-6-17/h2-11H,12-13H2,1H3,(H,22,24). The topological polar surface area (TPSA) is 46.9 Å². The lowest BCUT2D eigenvalue weighted by atomic mass is 10.1. The van der Waals surface area contributed by atoms with Gasteiger partial charge in [-0.15, -0.1) is 0 Å². The third-order valence-electron chi connectivity index (χ3n) is 3.83. The van der Waals surface area contributed by atoms with Gasteiger partial charge in [-0.05, 0) is 64.9 Å². The molecule has 24 heavy (non-hydrogen) atoms. The molecule has 5 heteroatoms. The van der Waals surface area contributed by atoms with Gasteiger partial charge < -0.3 is 9.88 Å². The summed E-state index contributed by atoms with van der Waals surface area (Å²) in [5.41, 5.74) is 2.96. The quantitative estimate of drug-likeness (QED) is 0.626. The highest BCUT2D eigenvalue weighted by Gasteiger charge is 2.05. The summed E-state index contributed by atoms with van der Waals surface area (Å²) in [6.45, 7) is 3.29. The first-order valence-corrected chi connectivity index (χ1v) is 8.79. The van der Waals surface area contributed by atoms with Crippen LogP contribution in [0.3, 0.4) is 0 Å². The van der Waals surface area contributed by atoms with E-state index in [4.69, 9.17) is 0 Å². The number of halogens is 1. The number of nitrogens with zero attached hydrogens (tertiary/aromatic N) is 2. The van der Waals surface area contributed by atoms with Crippen LogP contribution in [0.5, 0.6) is 0 Å². The molecule has 0 spiro atoms. The average molecular weight is 431 g/mol. The Balaban J connectivity index is 1.63. The second-order valence-electron chi connectivity index (χ2n) is 5.61. The van der Waals surface area contributed by atoms with Crippen LogP contribution in [0.15, 0.2) is 60.9 Å². The Bertz CT molecular complexity index is 840. The maximum atomic E-state index is 12.2. The van der Waals surface area contributed by atoms with Crippen molar-refractivity contribution in [2.75, 3.05) is 0 Å². The van der Waals surface area contributed by atoms with Gasteiger partial charge >= 0.3 is 0 Å². The Morgan fingerprint density at radius 2 is 1.92 bits per heavy atom. The summed E-state index contributed by atoms with van der Waals surface area (Å²) in [5, 5.41) is 2.97. The Hall–Kier alpha value is -2.15. The highest BCUT2D eigenvalue weighted by Crippen LogP contribution is 2.10. The van der Waals surface area contributed by atoms with E-state index < -0.39 is 0 Å². The number of amides is 1. The fourth-order valence-corrected chi connectivity index (χ4v) is 2.85. The highest BCUT2D eigenvalue weighted by atomic mass is 127. The number of rotatable bonds is 5. The molecule has 3 rings (SSSR count). The molecule has 0 bridgehead atoms. The molecule has 0 unspecified atom stereocenters. The van der Waals surface area contributed by atoms with Crippen LogP contribution in [0.2, 0.25) is 0 Å². The van der Waals surface area contributed by atoms with Gasteiger partial charge in [-0.3, -0.25) is 4.79 Å². The highest BCUT2D eigenvalue weighted by molar-refractivity contribution is 14.1. The molecule has 1 aromatic heterocycles. The summed E-state index contributed by atoms with van der Waals surface area (Å²) in [5.74, 6) is 0.940. The molecule has 1 heterocycles. The number of aryl methyl sites for hydroxylation is 1. The van der Waals surface area contributed by atoms with E-state index in [9.17, 15) is 4.79 Å². The van der Waals surface area contributed by atoms with Crippen LogP contribution in [-0.2, 0) is 13.1 Å². The van der Waals surface area contributed by atoms with E-state index in [1.807, 2.05) is 49.5 Å². The van der Waals surface area contributed by atoms with E-state index >= 15 is 0 Å². The summed E-state index contributed by atoms with van der Waals surface area (Å²) in [4.78, 5) is 16.4. The Morgan fingerprint density at radius 1 is 1.17 bits per heavy atom. The summed E-state index contributed by atoms with van der Waals surface area (Å²) in [7, 11) is 0. The molecular formula is C19H18IN3O. The van der Waals surface area contributed by atoms with Crippen molar-refractivity contribution < 1.29 is 4.79 Å². The molecule has 3 aromatic rings. The summed E-state index contributed by atoms with van der Waals surface area (Å²) in [6, 6.07) is 15.8. The van der Waals surface area contributed by atoms with Crippen LogP contribution in [0, 0.1) is 10.5 Å². The van der Waals surface area contributed by atoms with Gasteiger partial charge in [0.15, 0.2) is 0 Å². The van der Waals surface area contributed by atoms with Crippen LogP contribution < -0.4 is 5.32 Å². The number of imidazole rings is 1.